The van der Waals surface area contributed by atoms with Crippen molar-refractivity contribution in [2.45, 2.75) is 50.1 Å². The number of amides is 1. The molecule has 2 fully saturated rings. The number of nitrogens with one attached hydrogen (secondary N) is 1. The number of benzene rings is 1. The highest BCUT2D eigenvalue weighted by atomic mass is 32.1. The van der Waals surface area contributed by atoms with Gasteiger partial charge in [-0.1, -0.05) is 6.42 Å². The summed E-state index contributed by atoms with van der Waals surface area (Å²) >= 11 is 1.66. The van der Waals surface area contributed by atoms with Crippen molar-refractivity contribution in [3.8, 4) is 5.75 Å². The summed E-state index contributed by atoms with van der Waals surface area (Å²) in [6, 6.07) is 6.12. The lowest BCUT2D eigenvalue weighted by Gasteiger charge is -2.50. The van der Waals surface area contributed by atoms with Crippen molar-refractivity contribution in [3.05, 3.63) is 46.0 Å². The number of carbonyl (C=O) groups is 1. The number of aromatic nitrogens is 2. The van der Waals surface area contributed by atoms with E-state index in [1.54, 1.807) is 18.4 Å². The van der Waals surface area contributed by atoms with E-state index >= 15 is 0 Å². The highest BCUT2D eigenvalue weighted by Gasteiger charge is 2.48. The Morgan fingerprint density at radius 2 is 2.15 bits per heavy atom. The van der Waals surface area contributed by atoms with Crippen LogP contribution in [0, 0.1) is 5.92 Å². The maximum absolute atomic E-state index is 13.0. The number of carbonyl (C=O) groups excluding carboxylic acids is 1. The van der Waals surface area contributed by atoms with Gasteiger partial charge in [-0.15, -0.1) is 11.3 Å². The van der Waals surface area contributed by atoms with E-state index in [1.807, 2.05) is 17.6 Å². The van der Waals surface area contributed by atoms with Crippen LogP contribution in [0.3, 0.4) is 0 Å². The van der Waals surface area contributed by atoms with Gasteiger partial charge in [-0.05, 0) is 43.4 Å². The fourth-order valence-electron chi connectivity index (χ4n) is 6.26. The third-order valence-corrected chi connectivity index (χ3v) is 9.09. The van der Waals surface area contributed by atoms with E-state index in [9.17, 15) is 9.90 Å². The molecule has 2 aromatic heterocycles. The predicted octanol–water partition coefficient (Wildman–Crippen LogP) is 3.84. The molecule has 3 aliphatic rings. The Hall–Kier alpha value is -2.42. The molecule has 0 unspecified atom stereocenters. The van der Waals surface area contributed by atoms with Gasteiger partial charge in [-0.25, -0.2) is 4.98 Å². The standard InChI is InChI=1S/C26H32N4O3S/c1-33-18-5-6-19-20(13-18)28-24-21(15-31)30(14-22-27-9-12-34-22)16-26(23(19)24)7-10-29(11-8-26)25(32)17-3-2-4-17/h5-6,9,12-13,17,21,28,31H,2-4,7-8,10-11,14-16H2,1H3/t21-/m1/s1. The monoisotopic (exact) mass is 480 g/mol. The summed E-state index contributed by atoms with van der Waals surface area (Å²) in [5.41, 5.74) is 3.41. The summed E-state index contributed by atoms with van der Waals surface area (Å²) in [4.78, 5) is 25.6. The quantitative estimate of drug-likeness (QED) is 0.580. The van der Waals surface area contributed by atoms with Crippen LogP contribution in [0.1, 0.15) is 54.4 Å². The summed E-state index contributed by atoms with van der Waals surface area (Å²) < 4.78 is 5.48. The molecule has 3 aromatic rings. The second-order valence-electron chi connectivity index (χ2n) is 10.1. The van der Waals surface area contributed by atoms with Crippen molar-refractivity contribution in [2.75, 3.05) is 33.4 Å². The summed E-state index contributed by atoms with van der Waals surface area (Å²) in [6.07, 6.45) is 7.00. The normalized spacial score (nSPS) is 22.6. The van der Waals surface area contributed by atoms with Gasteiger partial charge in [0, 0.05) is 65.2 Å². The van der Waals surface area contributed by atoms with Crippen LogP contribution in [0.15, 0.2) is 29.8 Å². The molecule has 0 bridgehead atoms. The molecule has 8 heteroatoms. The molecule has 0 radical (unpaired) electrons. The van der Waals surface area contributed by atoms with Crippen molar-refractivity contribution < 1.29 is 14.6 Å². The van der Waals surface area contributed by atoms with Gasteiger partial charge in [0.1, 0.15) is 10.8 Å². The zero-order valence-corrected chi connectivity index (χ0v) is 20.4. The number of fused-ring (bicyclic) bond motifs is 4. The zero-order valence-electron chi connectivity index (χ0n) is 19.6. The van der Waals surface area contributed by atoms with Gasteiger partial charge >= 0.3 is 0 Å². The first-order valence-corrected chi connectivity index (χ1v) is 13.2. The van der Waals surface area contributed by atoms with Gasteiger partial charge in [-0.2, -0.15) is 0 Å². The number of likely N-dealkylation sites (tertiary alicyclic amines) is 1. The van der Waals surface area contributed by atoms with Gasteiger partial charge in [0.25, 0.3) is 0 Å². The zero-order chi connectivity index (χ0) is 23.3. The number of aromatic amines is 1. The molecule has 1 saturated carbocycles. The lowest BCUT2D eigenvalue weighted by Crippen LogP contribution is -2.55. The smallest absolute Gasteiger partial charge is 0.225 e. The highest BCUT2D eigenvalue weighted by Crippen LogP contribution is 2.49. The number of nitrogens with zero attached hydrogens (tertiary/aromatic N) is 3. The third kappa shape index (κ3) is 3.54. The molecule has 34 heavy (non-hydrogen) atoms. The molecule has 1 saturated heterocycles. The second kappa shape index (κ2) is 8.66. The molecule has 2 aliphatic heterocycles. The lowest BCUT2D eigenvalue weighted by molar-refractivity contribution is -0.140. The number of piperidine rings is 1. The van der Waals surface area contributed by atoms with E-state index in [0.29, 0.717) is 12.5 Å². The molecule has 7 nitrogen and oxygen atoms in total. The van der Waals surface area contributed by atoms with Gasteiger partial charge in [-0.3, -0.25) is 9.69 Å². The van der Waals surface area contributed by atoms with Crippen LogP contribution < -0.4 is 4.74 Å². The molecule has 4 heterocycles. The van der Waals surface area contributed by atoms with Crippen LogP contribution in [0.5, 0.6) is 5.75 Å². The first kappa shape index (κ1) is 22.1. The minimum Gasteiger partial charge on any atom is -0.497 e. The minimum atomic E-state index is -0.113. The van der Waals surface area contributed by atoms with Gasteiger partial charge in [0.2, 0.25) is 5.91 Å². The van der Waals surface area contributed by atoms with Gasteiger partial charge in [0.15, 0.2) is 0 Å². The van der Waals surface area contributed by atoms with Crippen molar-refractivity contribution in [3.63, 3.8) is 0 Å². The Morgan fingerprint density at radius 3 is 2.79 bits per heavy atom. The Morgan fingerprint density at radius 1 is 1.32 bits per heavy atom. The topological polar surface area (TPSA) is 81.7 Å². The van der Waals surface area contributed by atoms with E-state index in [0.717, 1.165) is 67.3 Å². The third-order valence-electron chi connectivity index (χ3n) is 8.33. The number of aliphatic hydroxyl groups is 1. The molecular weight excluding hydrogens is 448 g/mol. The van der Waals surface area contributed by atoms with Crippen LogP contribution in [0.2, 0.25) is 0 Å². The molecule has 1 atom stereocenters. The van der Waals surface area contributed by atoms with Crippen LogP contribution in [0.25, 0.3) is 10.9 Å². The molecule has 6 rings (SSSR count). The van der Waals surface area contributed by atoms with Gasteiger partial charge in [0.05, 0.1) is 26.3 Å². The Bertz CT molecular complexity index is 1180. The second-order valence-corrected chi connectivity index (χ2v) is 11.1. The molecule has 180 valence electrons. The van der Waals surface area contributed by atoms with Crippen molar-refractivity contribution >= 4 is 28.1 Å². The van der Waals surface area contributed by atoms with Crippen molar-refractivity contribution in [1.82, 2.24) is 19.8 Å². The van der Waals surface area contributed by atoms with Gasteiger partial charge < -0.3 is 19.7 Å². The Balaban J connectivity index is 1.39. The van der Waals surface area contributed by atoms with E-state index in [1.165, 1.54) is 17.4 Å². The molecule has 1 aliphatic carbocycles. The fourth-order valence-corrected chi connectivity index (χ4v) is 6.90. The van der Waals surface area contributed by atoms with Crippen molar-refractivity contribution in [2.24, 2.45) is 5.92 Å². The SMILES string of the molecule is COc1ccc2c3c([nH]c2c1)[C@@H](CO)N(Cc1nccs1)CC31CCN(C(=O)C2CCC2)CC1. The first-order valence-electron chi connectivity index (χ1n) is 12.3. The summed E-state index contributed by atoms with van der Waals surface area (Å²) in [7, 11) is 1.69. The fraction of sp³-hybridized carbons (Fsp3) is 0.538. The average Bonchev–Trinajstić information content (AvgIpc) is 3.46. The van der Waals surface area contributed by atoms with E-state index in [-0.39, 0.29) is 24.0 Å². The number of methoxy groups -OCH3 is 1. The molecule has 1 aromatic carbocycles. The summed E-state index contributed by atoms with van der Waals surface area (Å²) in [5, 5.41) is 14.8. The van der Waals surface area contributed by atoms with E-state index in [2.05, 4.69) is 31.9 Å². The minimum absolute atomic E-state index is 0.0463. The number of hydrogen-bond acceptors (Lipinski definition) is 6. The number of ether oxygens (including phenoxy) is 1. The Kier molecular flexibility index (Phi) is 5.62. The van der Waals surface area contributed by atoms with Crippen LogP contribution >= 0.6 is 11.3 Å². The molecular formula is C26H32N4O3S. The molecule has 1 spiro atoms. The Labute approximate surface area is 203 Å². The van der Waals surface area contributed by atoms with Crippen molar-refractivity contribution in [1.29, 1.82) is 0 Å². The number of hydrogen-bond donors (Lipinski definition) is 2. The average molecular weight is 481 g/mol. The molecule has 2 N–H and O–H groups in total. The molecule has 1 amide bonds. The number of aliphatic hydroxyl groups excluding tert-OH is 1. The van der Waals surface area contributed by atoms with Crippen LogP contribution in [0.4, 0.5) is 0 Å². The summed E-state index contributed by atoms with van der Waals surface area (Å²) in [5.74, 6) is 1.42. The summed E-state index contributed by atoms with van der Waals surface area (Å²) in [6.45, 7) is 3.21. The maximum Gasteiger partial charge on any atom is 0.225 e. The van der Waals surface area contributed by atoms with Crippen LogP contribution in [-0.4, -0.2) is 64.1 Å². The predicted molar refractivity (Wildman–Crippen MR) is 132 cm³/mol. The van der Waals surface area contributed by atoms with E-state index in [4.69, 9.17) is 4.74 Å². The number of H-pyrrole nitrogens is 1. The highest BCUT2D eigenvalue weighted by molar-refractivity contribution is 7.09. The number of rotatable bonds is 5. The first-order chi connectivity index (χ1) is 16.6. The van der Waals surface area contributed by atoms with Crippen LogP contribution in [-0.2, 0) is 16.8 Å². The lowest BCUT2D eigenvalue weighted by atomic mass is 9.68. The van der Waals surface area contributed by atoms with E-state index < -0.39 is 0 Å². The maximum atomic E-state index is 13.0. The number of thiazole rings is 1. The largest absolute Gasteiger partial charge is 0.497 e.